The van der Waals surface area contributed by atoms with Gasteiger partial charge in [0.1, 0.15) is 17.5 Å². The van der Waals surface area contributed by atoms with Crippen LogP contribution in [-0.4, -0.2) is 26.2 Å². The normalized spacial score (nSPS) is 15.7. The number of hydrogen-bond acceptors (Lipinski definition) is 4. The number of nitrogens with zero attached hydrogens (tertiary/aromatic N) is 3. The number of halogens is 4. The van der Waals surface area contributed by atoms with Gasteiger partial charge in [-0.3, -0.25) is 9.36 Å². The lowest BCUT2D eigenvalue weighted by Crippen LogP contribution is -2.30. The molecule has 5 rings (SSSR count). The van der Waals surface area contributed by atoms with E-state index in [2.05, 4.69) is 6.92 Å². The van der Waals surface area contributed by atoms with Crippen molar-refractivity contribution in [2.75, 3.05) is 0 Å². The molecule has 0 aliphatic heterocycles. The summed E-state index contributed by atoms with van der Waals surface area (Å²) in [6.45, 7) is 11.9. The van der Waals surface area contributed by atoms with Gasteiger partial charge in [-0.2, -0.15) is 0 Å². The molecule has 256 valence electrons. The Morgan fingerprint density at radius 1 is 1.00 bits per heavy atom. The molecule has 2 heterocycles. The number of benzene rings is 2. The smallest absolute Gasteiger partial charge is 0.267 e. The van der Waals surface area contributed by atoms with Gasteiger partial charge in [0.2, 0.25) is 5.92 Å². The third kappa shape index (κ3) is 7.25. The molecule has 1 fully saturated rings. The van der Waals surface area contributed by atoms with Gasteiger partial charge >= 0.3 is 0 Å². The van der Waals surface area contributed by atoms with Crippen molar-refractivity contribution in [3.8, 4) is 5.69 Å². The predicted molar refractivity (Wildman–Crippen MR) is 184 cm³/mol. The number of pyridine rings is 1. The van der Waals surface area contributed by atoms with Crippen LogP contribution in [0.4, 0.5) is 17.6 Å². The number of nitrogens with one attached hydrogen (secondary N) is 1. The summed E-state index contributed by atoms with van der Waals surface area (Å²) in [5.41, 5.74) is 5.48. The Bertz CT molecular complexity index is 1870. The van der Waals surface area contributed by atoms with Crippen molar-refractivity contribution in [3.05, 3.63) is 97.7 Å². The molecule has 4 aromatic rings. The number of fused-ring (bicyclic) bond motifs is 1. The highest BCUT2D eigenvalue weighted by Crippen LogP contribution is 2.41. The second-order valence-corrected chi connectivity index (χ2v) is 13.9. The number of aromatic nitrogens is 3. The third-order valence-corrected chi connectivity index (χ3v) is 9.82. The second-order valence-electron chi connectivity index (χ2n) is 13.9. The fourth-order valence-corrected chi connectivity index (χ4v) is 7.31. The van der Waals surface area contributed by atoms with E-state index in [9.17, 15) is 22.4 Å². The molecule has 0 amide bonds. The first kappa shape index (κ1) is 35.4. The van der Waals surface area contributed by atoms with Gasteiger partial charge in [-0.15, -0.1) is 0 Å². The van der Waals surface area contributed by atoms with Crippen molar-refractivity contribution in [3.63, 3.8) is 0 Å². The Morgan fingerprint density at radius 3 is 2.27 bits per heavy atom. The molecule has 0 saturated heterocycles. The lowest BCUT2D eigenvalue weighted by Gasteiger charge is -2.29. The average Bonchev–Trinajstić information content (AvgIpc) is 3.00. The van der Waals surface area contributed by atoms with Crippen LogP contribution in [-0.2, 0) is 12.8 Å². The molecule has 0 radical (unpaired) electrons. The number of rotatable bonds is 11. The molecule has 9 heteroatoms. The second kappa shape index (κ2) is 14.3. The first-order valence-electron chi connectivity index (χ1n) is 17.2. The molecule has 0 bridgehead atoms. The number of alkyl halides is 2. The summed E-state index contributed by atoms with van der Waals surface area (Å²) in [5, 5.41) is 9.32. The zero-order valence-electron chi connectivity index (χ0n) is 28.8. The predicted octanol–water partition coefficient (Wildman–Crippen LogP) is 10.1. The van der Waals surface area contributed by atoms with Gasteiger partial charge < -0.3 is 5.41 Å². The Morgan fingerprint density at radius 2 is 1.67 bits per heavy atom. The van der Waals surface area contributed by atoms with Gasteiger partial charge in [0.15, 0.2) is 5.65 Å². The zero-order valence-corrected chi connectivity index (χ0v) is 28.8. The van der Waals surface area contributed by atoms with Gasteiger partial charge in [-0.05, 0) is 98.4 Å². The maximum absolute atomic E-state index is 14.8. The van der Waals surface area contributed by atoms with Crippen LogP contribution >= 0.6 is 0 Å². The summed E-state index contributed by atoms with van der Waals surface area (Å²) in [5.74, 6) is -4.36. The maximum atomic E-state index is 14.8. The minimum absolute atomic E-state index is 0.102. The molecule has 2 aromatic carbocycles. The van der Waals surface area contributed by atoms with Gasteiger partial charge in [0.05, 0.1) is 11.1 Å². The lowest BCUT2D eigenvalue weighted by atomic mass is 9.84. The molecule has 1 unspecified atom stereocenters. The van der Waals surface area contributed by atoms with E-state index in [0.29, 0.717) is 58.7 Å². The number of aryl methyl sites for hydroxylation is 2. The van der Waals surface area contributed by atoms with E-state index in [0.717, 1.165) is 42.0 Å². The Balaban J connectivity index is 1.79. The minimum Gasteiger partial charge on any atom is -0.305 e. The first-order valence-corrected chi connectivity index (χ1v) is 17.2. The first-order chi connectivity index (χ1) is 22.7. The van der Waals surface area contributed by atoms with Crippen LogP contribution < -0.4 is 5.56 Å². The maximum Gasteiger partial charge on any atom is 0.267 e. The van der Waals surface area contributed by atoms with Crippen LogP contribution in [0.1, 0.15) is 124 Å². The van der Waals surface area contributed by atoms with E-state index in [4.69, 9.17) is 15.4 Å². The van der Waals surface area contributed by atoms with Crippen LogP contribution in [0.25, 0.3) is 16.7 Å². The van der Waals surface area contributed by atoms with Crippen molar-refractivity contribution >= 4 is 16.7 Å². The lowest BCUT2D eigenvalue weighted by molar-refractivity contribution is -0.0384. The molecule has 1 saturated carbocycles. The molecule has 1 atom stereocenters. The van der Waals surface area contributed by atoms with Crippen molar-refractivity contribution in [2.24, 2.45) is 5.92 Å². The highest BCUT2D eigenvalue weighted by molar-refractivity contribution is 6.01. The number of hydrogen-bond donors (Lipinski definition) is 1. The van der Waals surface area contributed by atoms with Crippen molar-refractivity contribution < 1.29 is 17.6 Å². The largest absolute Gasteiger partial charge is 0.305 e. The molecular weight excluding hydrogens is 616 g/mol. The molecule has 48 heavy (non-hydrogen) atoms. The van der Waals surface area contributed by atoms with Gasteiger partial charge in [0, 0.05) is 47.7 Å². The van der Waals surface area contributed by atoms with Gasteiger partial charge in [-0.25, -0.2) is 27.5 Å². The van der Waals surface area contributed by atoms with Crippen LogP contribution in [0.5, 0.6) is 0 Å². The summed E-state index contributed by atoms with van der Waals surface area (Å²) in [6, 6.07) is 9.18. The van der Waals surface area contributed by atoms with Crippen LogP contribution in [0.2, 0.25) is 0 Å². The van der Waals surface area contributed by atoms with E-state index >= 15 is 0 Å². The van der Waals surface area contributed by atoms with Crippen LogP contribution in [0.3, 0.4) is 0 Å². The summed E-state index contributed by atoms with van der Waals surface area (Å²) >= 11 is 0. The summed E-state index contributed by atoms with van der Waals surface area (Å²) in [7, 11) is 0. The van der Waals surface area contributed by atoms with Gasteiger partial charge in [0.25, 0.3) is 5.56 Å². The summed E-state index contributed by atoms with van der Waals surface area (Å²) in [6.07, 6.45) is 3.48. The zero-order chi connectivity index (χ0) is 34.9. The van der Waals surface area contributed by atoms with Crippen LogP contribution in [0.15, 0.2) is 41.2 Å². The van der Waals surface area contributed by atoms with Crippen molar-refractivity contribution in [2.45, 2.75) is 117 Å². The molecule has 5 nitrogen and oxygen atoms in total. The van der Waals surface area contributed by atoms with E-state index < -0.39 is 23.5 Å². The Hall–Kier alpha value is -3.88. The Kier molecular flexibility index (Phi) is 10.6. The standard InChI is InChI=1S/C39H46F4N4O/c1-7-9-27-11-12-33(24(6)35(27)31(44)10-8-2)47-37(30(22(3)4)20-25-18-28(40)21-29(41)19-25)46-36-34(38(47)48)23(5)17-32(45-36)26-13-15-39(42,43)16-14-26/h11-12,17-19,21-22,26,30,44H,7-10,13-16,20H2,1-6H3. The fraction of sp³-hybridized carbons (Fsp3) is 0.487. The highest BCUT2D eigenvalue weighted by Gasteiger charge is 2.36. The van der Waals surface area contributed by atoms with E-state index in [1.165, 1.54) is 12.1 Å². The SMILES string of the molecule is CCCC(=N)c1c(CCC)ccc(-n2c(C(Cc3cc(F)cc(F)c3)C(C)C)nc3nc(C4CCC(F)(F)CC4)cc(C)c3c2=O)c1C. The van der Waals surface area contributed by atoms with Crippen molar-refractivity contribution in [1.82, 2.24) is 14.5 Å². The fourth-order valence-electron chi connectivity index (χ4n) is 7.31. The molecule has 0 spiro atoms. The summed E-state index contributed by atoms with van der Waals surface area (Å²) < 4.78 is 58.4. The molecule has 1 aliphatic carbocycles. The topological polar surface area (TPSA) is 71.6 Å². The Labute approximate surface area is 280 Å². The molecule has 1 aliphatic rings. The van der Waals surface area contributed by atoms with E-state index in [1.54, 1.807) is 4.57 Å². The summed E-state index contributed by atoms with van der Waals surface area (Å²) in [4.78, 5) is 24.8. The molecule has 1 N–H and O–H groups in total. The third-order valence-electron chi connectivity index (χ3n) is 9.82. The van der Waals surface area contributed by atoms with E-state index in [-0.39, 0.29) is 42.3 Å². The van der Waals surface area contributed by atoms with E-state index in [1.807, 2.05) is 52.8 Å². The quantitative estimate of drug-likeness (QED) is 0.128. The van der Waals surface area contributed by atoms with Gasteiger partial charge in [-0.1, -0.05) is 46.6 Å². The highest BCUT2D eigenvalue weighted by atomic mass is 19.3. The van der Waals surface area contributed by atoms with Crippen molar-refractivity contribution in [1.29, 1.82) is 5.41 Å². The average molecular weight is 663 g/mol. The molecular formula is C39H46F4N4O. The minimum atomic E-state index is -2.68. The van der Waals surface area contributed by atoms with Crippen LogP contribution in [0, 0.1) is 36.8 Å². The molecule has 2 aromatic heterocycles. The monoisotopic (exact) mass is 662 g/mol.